The average Bonchev–Trinajstić information content (AvgIpc) is 2.89. The molecule has 1 N–H and O–H groups in total. The number of nitrogens with zero attached hydrogens (tertiary/aromatic N) is 3. The topological polar surface area (TPSA) is 53.9 Å². The summed E-state index contributed by atoms with van der Waals surface area (Å²) in [5.41, 5.74) is 2.11. The van der Waals surface area contributed by atoms with E-state index in [2.05, 4.69) is 17.1 Å². The Morgan fingerprint density at radius 1 is 1.39 bits per heavy atom. The molecular formula is C17H24N4OS. The zero-order chi connectivity index (χ0) is 16.8. The number of nitrogens with one attached hydrogen (secondary N) is 1. The predicted octanol–water partition coefficient (Wildman–Crippen LogP) is 3.56. The first-order valence-electron chi connectivity index (χ1n) is 8.06. The average molecular weight is 332 g/mol. The third-order valence-electron chi connectivity index (χ3n) is 3.84. The van der Waals surface area contributed by atoms with Crippen molar-refractivity contribution in [2.24, 2.45) is 0 Å². The van der Waals surface area contributed by atoms with Gasteiger partial charge in [0.15, 0.2) is 10.6 Å². The first-order valence-corrected chi connectivity index (χ1v) is 8.47. The van der Waals surface area contributed by atoms with Crippen LogP contribution in [0, 0.1) is 11.7 Å². The van der Waals surface area contributed by atoms with Crippen molar-refractivity contribution in [3.63, 3.8) is 0 Å². The van der Waals surface area contributed by atoms with E-state index in [1.165, 1.54) is 0 Å². The molecule has 0 fully saturated rings. The molecular weight excluding hydrogens is 308 g/mol. The van der Waals surface area contributed by atoms with Gasteiger partial charge < -0.3 is 4.90 Å². The lowest BCUT2D eigenvalue weighted by Crippen LogP contribution is -2.34. The Morgan fingerprint density at radius 3 is 2.83 bits per heavy atom. The molecule has 0 unspecified atom stereocenters. The predicted molar refractivity (Wildman–Crippen MR) is 94.7 cm³/mol. The van der Waals surface area contributed by atoms with Crippen LogP contribution in [0.3, 0.4) is 0 Å². The minimum absolute atomic E-state index is 0.0763. The van der Waals surface area contributed by atoms with E-state index in [0.717, 1.165) is 30.5 Å². The van der Waals surface area contributed by atoms with Gasteiger partial charge in [-0.2, -0.15) is 5.10 Å². The molecule has 0 saturated carbocycles. The van der Waals surface area contributed by atoms with Gasteiger partial charge in [-0.3, -0.25) is 14.5 Å². The quantitative estimate of drug-likeness (QED) is 0.789. The molecule has 5 nitrogen and oxygen atoms in total. The third-order valence-corrected chi connectivity index (χ3v) is 4.16. The molecule has 0 saturated heterocycles. The number of carbonyl (C=O) groups is 1. The second-order valence-electron chi connectivity index (χ2n) is 5.63. The van der Waals surface area contributed by atoms with Gasteiger partial charge in [0.1, 0.15) is 6.54 Å². The highest BCUT2D eigenvalue weighted by Crippen LogP contribution is 2.18. The molecule has 1 amide bonds. The van der Waals surface area contributed by atoms with Gasteiger partial charge in [-0.1, -0.05) is 37.1 Å². The molecule has 124 valence electrons. The van der Waals surface area contributed by atoms with Crippen molar-refractivity contribution in [1.82, 2.24) is 19.7 Å². The summed E-state index contributed by atoms with van der Waals surface area (Å²) in [7, 11) is 0. The Labute approximate surface area is 142 Å². The Morgan fingerprint density at radius 2 is 2.17 bits per heavy atom. The summed E-state index contributed by atoms with van der Waals surface area (Å²) in [4.78, 5) is 14.4. The molecule has 0 bridgehead atoms. The van der Waals surface area contributed by atoms with Crippen molar-refractivity contribution in [3.05, 3.63) is 34.6 Å². The van der Waals surface area contributed by atoms with Gasteiger partial charge in [0.05, 0.1) is 0 Å². The van der Waals surface area contributed by atoms with Crippen LogP contribution in [0.5, 0.6) is 0 Å². The fourth-order valence-corrected chi connectivity index (χ4v) is 2.71. The summed E-state index contributed by atoms with van der Waals surface area (Å²) in [5.74, 6) is 0.783. The highest BCUT2D eigenvalue weighted by Gasteiger charge is 2.16. The van der Waals surface area contributed by atoms with Crippen molar-refractivity contribution in [1.29, 1.82) is 0 Å². The van der Waals surface area contributed by atoms with Crippen LogP contribution >= 0.6 is 12.2 Å². The standard InChI is InChI=1S/C17H24N4OS/c1-4-6-10-20(5-2)15(22)12-21-16(18-19-17(21)23)14-9-7-8-13(3)11-14/h7-9,11H,4-6,10,12H2,1-3H3,(H,19,23). The Balaban J connectivity index is 2.25. The van der Waals surface area contributed by atoms with Gasteiger partial charge in [-0.15, -0.1) is 0 Å². The number of hydrogen-bond donors (Lipinski definition) is 1. The van der Waals surface area contributed by atoms with E-state index in [4.69, 9.17) is 12.2 Å². The van der Waals surface area contributed by atoms with Gasteiger partial charge in [0, 0.05) is 18.7 Å². The number of aryl methyl sites for hydroxylation is 1. The molecule has 1 aromatic heterocycles. The summed E-state index contributed by atoms with van der Waals surface area (Å²) in [6.07, 6.45) is 2.09. The molecule has 2 rings (SSSR count). The van der Waals surface area contributed by atoms with Crippen LogP contribution in [0.4, 0.5) is 0 Å². The van der Waals surface area contributed by atoms with Crippen LogP contribution in [-0.4, -0.2) is 38.7 Å². The number of aromatic amines is 1. The van der Waals surface area contributed by atoms with Crippen molar-refractivity contribution in [2.75, 3.05) is 13.1 Å². The molecule has 0 aliphatic rings. The van der Waals surface area contributed by atoms with E-state index in [1.807, 2.05) is 43.0 Å². The maximum atomic E-state index is 12.6. The number of likely N-dealkylation sites (N-methyl/N-ethyl adjacent to an activating group) is 1. The smallest absolute Gasteiger partial charge is 0.242 e. The second-order valence-corrected chi connectivity index (χ2v) is 6.02. The lowest BCUT2D eigenvalue weighted by molar-refractivity contribution is -0.131. The zero-order valence-corrected chi connectivity index (χ0v) is 14.8. The number of hydrogen-bond acceptors (Lipinski definition) is 3. The van der Waals surface area contributed by atoms with Gasteiger partial charge in [0.2, 0.25) is 5.91 Å². The Bertz CT molecular complexity index is 719. The summed E-state index contributed by atoms with van der Waals surface area (Å²) in [6.45, 7) is 7.88. The molecule has 6 heteroatoms. The van der Waals surface area contributed by atoms with E-state index in [1.54, 1.807) is 4.57 Å². The largest absolute Gasteiger partial charge is 0.341 e. The summed E-state index contributed by atoms with van der Waals surface area (Å²) in [6, 6.07) is 8.03. The molecule has 1 heterocycles. The van der Waals surface area contributed by atoms with Crippen LogP contribution in [0.15, 0.2) is 24.3 Å². The van der Waals surface area contributed by atoms with E-state index in [9.17, 15) is 4.79 Å². The number of carbonyl (C=O) groups excluding carboxylic acids is 1. The monoisotopic (exact) mass is 332 g/mol. The van der Waals surface area contributed by atoms with Crippen LogP contribution in [0.2, 0.25) is 0 Å². The van der Waals surface area contributed by atoms with E-state index in [0.29, 0.717) is 17.1 Å². The normalized spacial score (nSPS) is 10.7. The molecule has 0 atom stereocenters. The van der Waals surface area contributed by atoms with Gasteiger partial charge >= 0.3 is 0 Å². The third kappa shape index (κ3) is 4.28. The van der Waals surface area contributed by atoms with Crippen LogP contribution < -0.4 is 0 Å². The first kappa shape index (κ1) is 17.4. The maximum absolute atomic E-state index is 12.6. The number of H-pyrrole nitrogens is 1. The molecule has 1 aromatic carbocycles. The minimum atomic E-state index is 0.0763. The minimum Gasteiger partial charge on any atom is -0.341 e. The van der Waals surface area contributed by atoms with E-state index in [-0.39, 0.29) is 12.5 Å². The summed E-state index contributed by atoms with van der Waals surface area (Å²) < 4.78 is 2.25. The van der Waals surface area contributed by atoms with Gasteiger partial charge in [0.25, 0.3) is 0 Å². The highest BCUT2D eigenvalue weighted by atomic mass is 32.1. The van der Waals surface area contributed by atoms with Crippen molar-refractivity contribution < 1.29 is 4.79 Å². The number of rotatable bonds is 7. The van der Waals surface area contributed by atoms with Crippen LogP contribution in [0.1, 0.15) is 32.3 Å². The molecule has 0 aliphatic carbocycles. The van der Waals surface area contributed by atoms with E-state index >= 15 is 0 Å². The number of unbranched alkanes of at least 4 members (excludes halogenated alkanes) is 1. The second kappa shape index (κ2) is 8.06. The number of benzene rings is 1. The molecule has 2 aromatic rings. The molecule has 0 aliphatic heterocycles. The van der Waals surface area contributed by atoms with Crippen molar-refractivity contribution in [2.45, 2.75) is 40.2 Å². The number of aromatic nitrogens is 3. The molecule has 0 spiro atoms. The fourth-order valence-electron chi connectivity index (χ4n) is 2.51. The van der Waals surface area contributed by atoms with Crippen LogP contribution in [0.25, 0.3) is 11.4 Å². The Hall–Kier alpha value is -1.95. The lowest BCUT2D eigenvalue weighted by Gasteiger charge is -2.21. The lowest BCUT2D eigenvalue weighted by atomic mass is 10.1. The highest BCUT2D eigenvalue weighted by molar-refractivity contribution is 7.71. The maximum Gasteiger partial charge on any atom is 0.242 e. The van der Waals surface area contributed by atoms with Gasteiger partial charge in [-0.05, 0) is 38.6 Å². The van der Waals surface area contributed by atoms with Crippen molar-refractivity contribution in [3.8, 4) is 11.4 Å². The summed E-state index contributed by atoms with van der Waals surface area (Å²) in [5, 5.41) is 7.11. The Kier molecular flexibility index (Phi) is 6.10. The first-order chi connectivity index (χ1) is 11.1. The summed E-state index contributed by atoms with van der Waals surface area (Å²) >= 11 is 5.31. The van der Waals surface area contributed by atoms with Crippen LogP contribution in [-0.2, 0) is 11.3 Å². The zero-order valence-electron chi connectivity index (χ0n) is 14.0. The fraction of sp³-hybridized carbons (Fsp3) is 0.471. The molecule has 23 heavy (non-hydrogen) atoms. The SMILES string of the molecule is CCCCN(CC)C(=O)Cn1c(-c2cccc(C)c2)n[nH]c1=S. The van der Waals surface area contributed by atoms with Gasteiger partial charge in [-0.25, -0.2) is 0 Å². The van der Waals surface area contributed by atoms with Crippen molar-refractivity contribution >= 4 is 18.1 Å². The van der Waals surface area contributed by atoms with E-state index < -0.39 is 0 Å². The number of amides is 1. The molecule has 0 radical (unpaired) electrons.